The first-order valence-electron chi connectivity index (χ1n) is 9.68. The van der Waals surface area contributed by atoms with Crippen LogP contribution in [0.15, 0.2) is 12.7 Å². The summed E-state index contributed by atoms with van der Waals surface area (Å²) in [5.41, 5.74) is 0. The zero-order chi connectivity index (χ0) is 16.8. The van der Waals surface area contributed by atoms with Crippen molar-refractivity contribution in [1.29, 1.82) is 0 Å². The third-order valence-corrected chi connectivity index (χ3v) is 5.53. The number of piperazine rings is 1. The molecule has 0 bridgehead atoms. The smallest absolute Gasteiger partial charge is 0.168 e. The number of rotatable bonds is 7. The summed E-state index contributed by atoms with van der Waals surface area (Å²) in [5, 5.41) is 12.9. The summed E-state index contributed by atoms with van der Waals surface area (Å²) in [6.07, 6.45) is 10.7. The van der Waals surface area contributed by atoms with Gasteiger partial charge in [-0.15, -0.1) is 11.7 Å². The monoisotopic (exact) mass is 332 g/mol. The normalized spacial score (nSPS) is 22.5. The molecule has 3 rings (SSSR count). The SMILES string of the molecule is C=CCN1CCN(C(CCC)c2nnnn2C2CCCCC2)CC1. The lowest BCUT2D eigenvalue weighted by Crippen LogP contribution is -2.48. The van der Waals surface area contributed by atoms with E-state index < -0.39 is 0 Å². The van der Waals surface area contributed by atoms with E-state index in [-0.39, 0.29) is 0 Å². The largest absolute Gasteiger partial charge is 0.297 e. The van der Waals surface area contributed by atoms with E-state index in [0.717, 1.165) is 51.4 Å². The van der Waals surface area contributed by atoms with Gasteiger partial charge in [0.05, 0.1) is 12.1 Å². The number of hydrogen-bond acceptors (Lipinski definition) is 5. The van der Waals surface area contributed by atoms with Crippen molar-refractivity contribution in [2.45, 2.75) is 64.0 Å². The van der Waals surface area contributed by atoms with Gasteiger partial charge in [-0.25, -0.2) is 4.68 Å². The van der Waals surface area contributed by atoms with Gasteiger partial charge in [0.15, 0.2) is 5.82 Å². The second kappa shape index (κ2) is 8.72. The van der Waals surface area contributed by atoms with E-state index in [4.69, 9.17) is 0 Å². The molecule has 2 heterocycles. The molecule has 1 atom stereocenters. The van der Waals surface area contributed by atoms with Crippen molar-refractivity contribution in [1.82, 2.24) is 30.0 Å². The van der Waals surface area contributed by atoms with Gasteiger partial charge in [-0.3, -0.25) is 9.80 Å². The molecule has 2 fully saturated rings. The lowest BCUT2D eigenvalue weighted by molar-refractivity contribution is 0.0902. The Morgan fingerprint density at radius 3 is 2.58 bits per heavy atom. The van der Waals surface area contributed by atoms with Crippen LogP contribution >= 0.6 is 0 Å². The first kappa shape index (κ1) is 17.5. The summed E-state index contributed by atoms with van der Waals surface area (Å²) in [4.78, 5) is 5.06. The third-order valence-electron chi connectivity index (χ3n) is 5.53. The molecular formula is C18H32N6. The third kappa shape index (κ3) is 4.03. The van der Waals surface area contributed by atoms with E-state index in [0.29, 0.717) is 12.1 Å². The van der Waals surface area contributed by atoms with Gasteiger partial charge in [-0.1, -0.05) is 38.7 Å². The summed E-state index contributed by atoms with van der Waals surface area (Å²) in [6.45, 7) is 11.5. The Morgan fingerprint density at radius 2 is 1.92 bits per heavy atom. The highest BCUT2D eigenvalue weighted by Crippen LogP contribution is 2.32. The highest BCUT2D eigenvalue weighted by atomic mass is 15.6. The summed E-state index contributed by atoms with van der Waals surface area (Å²) in [7, 11) is 0. The van der Waals surface area contributed by atoms with Crippen LogP contribution in [-0.4, -0.2) is 62.7 Å². The Kier molecular flexibility index (Phi) is 6.37. The van der Waals surface area contributed by atoms with Crippen molar-refractivity contribution in [2.75, 3.05) is 32.7 Å². The number of aromatic nitrogens is 4. The molecule has 1 aliphatic heterocycles. The molecule has 1 unspecified atom stereocenters. The van der Waals surface area contributed by atoms with Gasteiger partial charge in [0.1, 0.15) is 0 Å². The molecule has 1 aromatic rings. The van der Waals surface area contributed by atoms with Crippen molar-refractivity contribution in [3.8, 4) is 0 Å². The van der Waals surface area contributed by atoms with Crippen LogP contribution in [0.2, 0.25) is 0 Å². The molecule has 0 aromatic carbocycles. The van der Waals surface area contributed by atoms with Crippen molar-refractivity contribution in [3.63, 3.8) is 0 Å². The quantitative estimate of drug-likeness (QED) is 0.719. The summed E-state index contributed by atoms with van der Waals surface area (Å²) in [5.74, 6) is 1.10. The molecule has 1 saturated carbocycles. The van der Waals surface area contributed by atoms with Crippen molar-refractivity contribution < 1.29 is 0 Å². The van der Waals surface area contributed by atoms with E-state index in [2.05, 4.69) is 43.5 Å². The van der Waals surface area contributed by atoms with Crippen LogP contribution in [0.1, 0.15) is 69.8 Å². The van der Waals surface area contributed by atoms with E-state index in [9.17, 15) is 0 Å². The maximum atomic E-state index is 4.47. The molecule has 1 aliphatic carbocycles. The summed E-state index contributed by atoms with van der Waals surface area (Å²) < 4.78 is 2.16. The minimum atomic E-state index is 0.359. The summed E-state index contributed by atoms with van der Waals surface area (Å²) >= 11 is 0. The Hall–Kier alpha value is -1.27. The maximum Gasteiger partial charge on any atom is 0.168 e. The minimum absolute atomic E-state index is 0.359. The average Bonchev–Trinajstić information content (AvgIpc) is 3.11. The van der Waals surface area contributed by atoms with Crippen molar-refractivity contribution in [3.05, 3.63) is 18.5 Å². The molecule has 6 nitrogen and oxygen atoms in total. The fourth-order valence-corrected chi connectivity index (χ4v) is 4.19. The predicted octanol–water partition coefficient (Wildman–Crippen LogP) is 2.82. The van der Waals surface area contributed by atoms with E-state index in [1.165, 1.54) is 32.1 Å². The topological polar surface area (TPSA) is 50.1 Å². The van der Waals surface area contributed by atoms with Crippen molar-refractivity contribution >= 4 is 0 Å². The van der Waals surface area contributed by atoms with Crippen LogP contribution in [0.5, 0.6) is 0 Å². The van der Waals surface area contributed by atoms with Crippen LogP contribution in [0, 0.1) is 0 Å². The molecule has 1 aromatic heterocycles. The van der Waals surface area contributed by atoms with E-state index >= 15 is 0 Å². The van der Waals surface area contributed by atoms with E-state index in [1.54, 1.807) is 0 Å². The molecule has 1 saturated heterocycles. The fourth-order valence-electron chi connectivity index (χ4n) is 4.19. The fraction of sp³-hybridized carbons (Fsp3) is 0.833. The standard InChI is InChI=1S/C18H32N6/c1-3-8-17(23-14-12-22(11-4-2)13-15-23)18-19-20-21-24(18)16-9-6-5-7-10-16/h4,16-17H,2-3,5-15H2,1H3. The predicted molar refractivity (Wildman–Crippen MR) is 95.8 cm³/mol. The first-order valence-corrected chi connectivity index (χ1v) is 9.68. The molecule has 2 aliphatic rings. The molecule has 0 radical (unpaired) electrons. The number of nitrogens with zero attached hydrogens (tertiary/aromatic N) is 6. The van der Waals surface area contributed by atoms with Crippen LogP contribution in [0.3, 0.4) is 0 Å². The summed E-state index contributed by atoms with van der Waals surface area (Å²) in [6, 6.07) is 0.864. The first-order chi connectivity index (χ1) is 11.8. The van der Waals surface area contributed by atoms with Crippen LogP contribution < -0.4 is 0 Å². The van der Waals surface area contributed by atoms with Gasteiger partial charge in [0.2, 0.25) is 0 Å². The van der Waals surface area contributed by atoms with Gasteiger partial charge in [0.25, 0.3) is 0 Å². The minimum Gasteiger partial charge on any atom is -0.297 e. The van der Waals surface area contributed by atoms with Gasteiger partial charge in [-0.2, -0.15) is 0 Å². The van der Waals surface area contributed by atoms with Crippen LogP contribution in [0.4, 0.5) is 0 Å². The zero-order valence-corrected chi connectivity index (χ0v) is 15.1. The second-order valence-electron chi connectivity index (χ2n) is 7.20. The lowest BCUT2D eigenvalue weighted by atomic mass is 9.95. The van der Waals surface area contributed by atoms with Gasteiger partial charge < -0.3 is 0 Å². The molecular weight excluding hydrogens is 300 g/mol. The van der Waals surface area contributed by atoms with Gasteiger partial charge >= 0.3 is 0 Å². The van der Waals surface area contributed by atoms with E-state index in [1.807, 2.05) is 6.08 Å². The van der Waals surface area contributed by atoms with Crippen LogP contribution in [-0.2, 0) is 0 Å². The highest BCUT2D eigenvalue weighted by Gasteiger charge is 2.30. The molecule has 0 amide bonds. The Morgan fingerprint density at radius 1 is 1.17 bits per heavy atom. The molecule has 0 spiro atoms. The Labute approximate surface area is 145 Å². The van der Waals surface area contributed by atoms with Crippen LogP contribution in [0.25, 0.3) is 0 Å². The maximum absolute atomic E-state index is 4.47. The Bertz CT molecular complexity index is 499. The average molecular weight is 332 g/mol. The zero-order valence-electron chi connectivity index (χ0n) is 15.1. The molecule has 24 heavy (non-hydrogen) atoms. The highest BCUT2D eigenvalue weighted by molar-refractivity contribution is 4.97. The molecule has 134 valence electrons. The Balaban J connectivity index is 1.72. The lowest BCUT2D eigenvalue weighted by Gasteiger charge is -2.38. The number of tetrazole rings is 1. The molecule has 6 heteroatoms. The number of hydrogen-bond donors (Lipinski definition) is 0. The van der Waals surface area contributed by atoms with Crippen molar-refractivity contribution in [2.24, 2.45) is 0 Å². The van der Waals surface area contributed by atoms with Gasteiger partial charge in [-0.05, 0) is 29.7 Å². The van der Waals surface area contributed by atoms with Gasteiger partial charge in [0, 0.05) is 32.7 Å². The molecule has 0 N–H and O–H groups in total. The second-order valence-corrected chi connectivity index (χ2v) is 7.20.